The van der Waals surface area contributed by atoms with Gasteiger partial charge in [0, 0.05) is 19.8 Å². The van der Waals surface area contributed by atoms with Gasteiger partial charge in [-0.1, -0.05) is 26.0 Å². The van der Waals surface area contributed by atoms with Crippen LogP contribution in [0.1, 0.15) is 32.3 Å². The molecule has 0 heterocycles. The molecule has 1 unspecified atom stereocenters. The third-order valence-corrected chi connectivity index (χ3v) is 3.21. The lowest BCUT2D eigenvalue weighted by Gasteiger charge is -2.19. The average molecular weight is 267 g/mol. The first kappa shape index (κ1) is 16.1. The minimum absolute atomic E-state index is 0.167. The smallest absolute Gasteiger partial charge is 0.123 e. The van der Waals surface area contributed by atoms with E-state index in [0.717, 1.165) is 32.4 Å². The maximum absolute atomic E-state index is 12.9. The molecule has 0 aliphatic rings. The molecule has 0 amide bonds. The number of halogens is 1. The molecule has 1 N–H and O–H groups in total. The van der Waals surface area contributed by atoms with Gasteiger partial charge < -0.3 is 10.1 Å². The van der Waals surface area contributed by atoms with Crippen molar-refractivity contribution in [1.82, 2.24) is 5.32 Å². The Balaban J connectivity index is 2.48. The summed E-state index contributed by atoms with van der Waals surface area (Å²) in [6.07, 6.45) is 3.19. The van der Waals surface area contributed by atoms with E-state index in [9.17, 15) is 4.39 Å². The van der Waals surface area contributed by atoms with Crippen LogP contribution < -0.4 is 5.32 Å². The molecule has 0 spiro atoms. The van der Waals surface area contributed by atoms with Gasteiger partial charge in [0.15, 0.2) is 0 Å². The van der Waals surface area contributed by atoms with Gasteiger partial charge in [0.05, 0.1) is 0 Å². The fraction of sp³-hybridized carbons (Fsp3) is 0.625. The highest BCUT2D eigenvalue weighted by molar-refractivity contribution is 5.16. The van der Waals surface area contributed by atoms with Gasteiger partial charge >= 0.3 is 0 Å². The lowest BCUT2D eigenvalue weighted by Crippen LogP contribution is -2.30. The zero-order valence-electron chi connectivity index (χ0n) is 12.3. The van der Waals surface area contributed by atoms with Gasteiger partial charge in [0.1, 0.15) is 5.82 Å². The molecule has 108 valence electrons. The molecule has 2 nitrogen and oxygen atoms in total. The lowest BCUT2D eigenvalue weighted by atomic mass is 9.94. The Bertz CT molecular complexity index is 337. The lowest BCUT2D eigenvalue weighted by molar-refractivity contribution is 0.186. The maximum atomic E-state index is 12.9. The van der Waals surface area contributed by atoms with E-state index in [0.29, 0.717) is 12.0 Å². The van der Waals surface area contributed by atoms with Crippen molar-refractivity contribution in [2.24, 2.45) is 5.92 Å². The second kappa shape index (κ2) is 9.05. The number of methoxy groups -OCH3 is 1. The van der Waals surface area contributed by atoms with Crippen molar-refractivity contribution < 1.29 is 9.13 Å². The highest BCUT2D eigenvalue weighted by Crippen LogP contribution is 2.14. The molecular formula is C16H26FNO. The van der Waals surface area contributed by atoms with Crippen LogP contribution in [0.25, 0.3) is 0 Å². The number of rotatable bonds is 9. The Morgan fingerprint density at radius 3 is 2.47 bits per heavy atom. The molecule has 0 fully saturated rings. The monoisotopic (exact) mass is 267 g/mol. The number of ether oxygens (including phenoxy) is 1. The molecule has 0 aliphatic heterocycles. The van der Waals surface area contributed by atoms with Crippen LogP contribution in [-0.4, -0.2) is 26.3 Å². The van der Waals surface area contributed by atoms with E-state index in [-0.39, 0.29) is 5.82 Å². The van der Waals surface area contributed by atoms with E-state index in [1.165, 1.54) is 17.7 Å². The maximum Gasteiger partial charge on any atom is 0.123 e. The van der Waals surface area contributed by atoms with Gasteiger partial charge in [-0.3, -0.25) is 0 Å². The molecule has 0 aromatic heterocycles. The first-order chi connectivity index (χ1) is 9.11. The van der Waals surface area contributed by atoms with Gasteiger partial charge in [-0.25, -0.2) is 4.39 Å². The van der Waals surface area contributed by atoms with Gasteiger partial charge in [0.2, 0.25) is 0 Å². The van der Waals surface area contributed by atoms with Crippen LogP contribution in [0.4, 0.5) is 4.39 Å². The molecule has 3 heteroatoms. The van der Waals surface area contributed by atoms with E-state index >= 15 is 0 Å². The van der Waals surface area contributed by atoms with Crippen molar-refractivity contribution in [1.29, 1.82) is 0 Å². The highest BCUT2D eigenvalue weighted by Gasteiger charge is 2.10. The van der Waals surface area contributed by atoms with Crippen LogP contribution in [0, 0.1) is 11.7 Å². The average Bonchev–Trinajstić information content (AvgIpc) is 2.38. The van der Waals surface area contributed by atoms with Crippen molar-refractivity contribution in [2.45, 2.75) is 39.2 Å². The Morgan fingerprint density at radius 2 is 1.89 bits per heavy atom. The second-order valence-corrected chi connectivity index (χ2v) is 5.39. The van der Waals surface area contributed by atoms with Crippen LogP contribution in [0.3, 0.4) is 0 Å². The molecule has 0 bridgehead atoms. The summed E-state index contributed by atoms with van der Waals surface area (Å²) in [4.78, 5) is 0. The zero-order valence-corrected chi connectivity index (χ0v) is 12.3. The largest absolute Gasteiger partial charge is 0.385 e. The molecule has 0 radical (unpaired) electrons. The Kier molecular flexibility index (Phi) is 7.68. The standard InChI is InChI=1S/C16H26FNO/c1-13(2)18-12-15(5-4-10-19-3)11-14-6-8-16(17)9-7-14/h6-9,13,15,18H,4-5,10-12H2,1-3H3. The number of hydrogen-bond acceptors (Lipinski definition) is 2. The molecular weight excluding hydrogens is 241 g/mol. The third kappa shape index (κ3) is 7.28. The topological polar surface area (TPSA) is 21.3 Å². The zero-order chi connectivity index (χ0) is 14.1. The predicted octanol–water partition coefficient (Wildman–Crippen LogP) is 3.41. The molecule has 19 heavy (non-hydrogen) atoms. The summed E-state index contributed by atoms with van der Waals surface area (Å²) >= 11 is 0. The van der Waals surface area contributed by atoms with Crippen LogP contribution in [-0.2, 0) is 11.2 Å². The van der Waals surface area contributed by atoms with Crippen molar-refractivity contribution in [3.8, 4) is 0 Å². The quantitative estimate of drug-likeness (QED) is 0.692. The van der Waals surface area contributed by atoms with Crippen molar-refractivity contribution in [3.63, 3.8) is 0 Å². The molecule has 0 aliphatic carbocycles. The van der Waals surface area contributed by atoms with E-state index in [1.54, 1.807) is 7.11 Å². The van der Waals surface area contributed by atoms with E-state index in [4.69, 9.17) is 4.74 Å². The van der Waals surface area contributed by atoms with Gasteiger partial charge in [-0.05, 0) is 49.4 Å². The minimum atomic E-state index is -0.167. The number of hydrogen-bond donors (Lipinski definition) is 1. The van der Waals surface area contributed by atoms with Gasteiger partial charge in [-0.2, -0.15) is 0 Å². The first-order valence-electron chi connectivity index (χ1n) is 7.08. The molecule has 1 atom stereocenters. The molecule has 1 aromatic carbocycles. The second-order valence-electron chi connectivity index (χ2n) is 5.39. The van der Waals surface area contributed by atoms with Crippen LogP contribution in [0.5, 0.6) is 0 Å². The Hall–Kier alpha value is -0.930. The normalized spacial score (nSPS) is 12.9. The van der Waals surface area contributed by atoms with Crippen LogP contribution >= 0.6 is 0 Å². The molecule has 1 rings (SSSR count). The minimum Gasteiger partial charge on any atom is -0.385 e. The van der Waals surface area contributed by atoms with Gasteiger partial charge in [-0.15, -0.1) is 0 Å². The van der Waals surface area contributed by atoms with Crippen molar-refractivity contribution >= 4 is 0 Å². The molecule has 0 saturated heterocycles. The SMILES string of the molecule is COCCCC(CNC(C)C)Cc1ccc(F)cc1. The number of benzene rings is 1. The summed E-state index contributed by atoms with van der Waals surface area (Å²) in [5.74, 6) is 0.406. The summed E-state index contributed by atoms with van der Waals surface area (Å²) in [6.45, 7) is 6.12. The first-order valence-corrected chi connectivity index (χ1v) is 7.08. The Labute approximate surface area is 116 Å². The predicted molar refractivity (Wildman–Crippen MR) is 77.8 cm³/mol. The summed E-state index contributed by atoms with van der Waals surface area (Å²) < 4.78 is 18.0. The van der Waals surface area contributed by atoms with E-state index in [1.807, 2.05) is 12.1 Å². The summed E-state index contributed by atoms with van der Waals surface area (Å²) in [5, 5.41) is 3.49. The van der Waals surface area contributed by atoms with Crippen molar-refractivity contribution in [2.75, 3.05) is 20.3 Å². The third-order valence-electron chi connectivity index (χ3n) is 3.21. The number of nitrogens with one attached hydrogen (secondary N) is 1. The van der Waals surface area contributed by atoms with Crippen LogP contribution in [0.2, 0.25) is 0 Å². The highest BCUT2D eigenvalue weighted by atomic mass is 19.1. The molecule has 1 aromatic rings. The van der Waals surface area contributed by atoms with E-state index < -0.39 is 0 Å². The van der Waals surface area contributed by atoms with Crippen LogP contribution in [0.15, 0.2) is 24.3 Å². The summed E-state index contributed by atoms with van der Waals surface area (Å²) in [7, 11) is 1.74. The van der Waals surface area contributed by atoms with Crippen molar-refractivity contribution in [3.05, 3.63) is 35.6 Å². The fourth-order valence-electron chi connectivity index (χ4n) is 2.15. The molecule has 0 saturated carbocycles. The van der Waals surface area contributed by atoms with E-state index in [2.05, 4.69) is 19.2 Å². The Morgan fingerprint density at radius 1 is 1.21 bits per heavy atom. The van der Waals surface area contributed by atoms with Gasteiger partial charge in [0.25, 0.3) is 0 Å². The summed E-state index contributed by atoms with van der Waals surface area (Å²) in [5.41, 5.74) is 1.20. The fourth-order valence-corrected chi connectivity index (χ4v) is 2.15. The summed E-state index contributed by atoms with van der Waals surface area (Å²) in [6, 6.07) is 7.34.